The number of aliphatic imine (C=N–C) groups is 1. The van der Waals surface area contributed by atoms with Gasteiger partial charge in [0, 0.05) is 6.54 Å². The fourth-order valence-corrected chi connectivity index (χ4v) is 2.58. The third-order valence-corrected chi connectivity index (χ3v) is 3.23. The zero-order valence-electron chi connectivity index (χ0n) is 6.63. The highest BCUT2D eigenvalue weighted by Crippen LogP contribution is 2.31. The lowest BCUT2D eigenvalue weighted by atomic mass is 10.0. The number of nitrogens with one attached hydrogen (secondary N) is 1. The first-order valence-electron chi connectivity index (χ1n) is 3.87. The molecule has 0 aliphatic carbocycles. The molecule has 1 fully saturated rings. The largest absolute Gasteiger partial charge is 0.299 e. The normalized spacial score (nSPS) is 36.8. The van der Waals surface area contributed by atoms with Gasteiger partial charge in [0.2, 0.25) is 0 Å². The Morgan fingerprint density at radius 2 is 2.55 bits per heavy atom. The molecule has 1 N–H and O–H groups in total. The SMILES string of the molecule is C=C1CNC2SC(C)=NC2C1. The van der Waals surface area contributed by atoms with E-state index in [-0.39, 0.29) is 0 Å². The minimum Gasteiger partial charge on any atom is -0.299 e. The van der Waals surface area contributed by atoms with Crippen molar-refractivity contribution in [2.75, 3.05) is 6.54 Å². The average molecular weight is 168 g/mol. The van der Waals surface area contributed by atoms with Gasteiger partial charge in [0.25, 0.3) is 0 Å². The van der Waals surface area contributed by atoms with E-state index in [0.717, 1.165) is 13.0 Å². The second kappa shape index (κ2) is 2.64. The van der Waals surface area contributed by atoms with E-state index in [1.807, 2.05) is 11.8 Å². The molecule has 0 saturated carbocycles. The number of fused-ring (bicyclic) bond motifs is 1. The first kappa shape index (κ1) is 7.37. The van der Waals surface area contributed by atoms with Gasteiger partial charge in [-0.25, -0.2) is 0 Å². The number of thioether (sulfide) groups is 1. The predicted molar refractivity (Wildman–Crippen MR) is 50.0 cm³/mol. The Balaban J connectivity index is 2.10. The molecule has 0 aromatic carbocycles. The Hall–Kier alpha value is -0.280. The Morgan fingerprint density at radius 1 is 1.73 bits per heavy atom. The van der Waals surface area contributed by atoms with Gasteiger partial charge in [-0.1, -0.05) is 23.9 Å². The van der Waals surface area contributed by atoms with Crippen molar-refractivity contribution < 1.29 is 0 Å². The molecular weight excluding hydrogens is 156 g/mol. The molecule has 2 aliphatic rings. The zero-order chi connectivity index (χ0) is 7.84. The Bertz CT molecular complexity index is 222. The fraction of sp³-hybridized carbons (Fsp3) is 0.625. The van der Waals surface area contributed by atoms with Crippen LogP contribution in [0.25, 0.3) is 0 Å². The van der Waals surface area contributed by atoms with E-state index in [4.69, 9.17) is 0 Å². The molecule has 2 nitrogen and oxygen atoms in total. The second-order valence-corrected chi connectivity index (χ2v) is 4.42. The average Bonchev–Trinajstić information content (AvgIpc) is 2.27. The maximum atomic E-state index is 4.52. The van der Waals surface area contributed by atoms with Crippen molar-refractivity contribution in [1.29, 1.82) is 0 Å². The number of rotatable bonds is 0. The number of nitrogens with zero attached hydrogens (tertiary/aromatic N) is 1. The molecule has 2 aliphatic heterocycles. The highest BCUT2D eigenvalue weighted by molar-refractivity contribution is 8.14. The second-order valence-electron chi connectivity index (χ2n) is 3.09. The smallest absolute Gasteiger partial charge is 0.0824 e. The van der Waals surface area contributed by atoms with Gasteiger partial charge in [-0.2, -0.15) is 0 Å². The van der Waals surface area contributed by atoms with Crippen molar-refractivity contribution in [1.82, 2.24) is 5.32 Å². The summed E-state index contributed by atoms with van der Waals surface area (Å²) in [7, 11) is 0. The minimum atomic E-state index is 0.459. The summed E-state index contributed by atoms with van der Waals surface area (Å²) in [6, 6.07) is 0.459. The van der Waals surface area contributed by atoms with E-state index < -0.39 is 0 Å². The lowest BCUT2D eigenvalue weighted by molar-refractivity contribution is 0.511. The van der Waals surface area contributed by atoms with E-state index in [1.165, 1.54) is 10.6 Å². The molecule has 0 radical (unpaired) electrons. The van der Waals surface area contributed by atoms with Crippen LogP contribution in [-0.4, -0.2) is 23.0 Å². The third kappa shape index (κ3) is 1.35. The fourth-order valence-electron chi connectivity index (χ4n) is 1.54. The molecule has 60 valence electrons. The topological polar surface area (TPSA) is 24.4 Å². The number of hydrogen-bond donors (Lipinski definition) is 1. The molecule has 1 saturated heterocycles. The monoisotopic (exact) mass is 168 g/mol. The van der Waals surface area contributed by atoms with Crippen molar-refractivity contribution in [2.24, 2.45) is 4.99 Å². The van der Waals surface area contributed by atoms with Gasteiger partial charge in [0.15, 0.2) is 0 Å². The molecule has 0 bridgehead atoms. The van der Waals surface area contributed by atoms with Crippen molar-refractivity contribution >= 4 is 16.8 Å². The van der Waals surface area contributed by atoms with Crippen molar-refractivity contribution in [3.63, 3.8) is 0 Å². The van der Waals surface area contributed by atoms with Crippen LogP contribution in [0.1, 0.15) is 13.3 Å². The molecule has 0 spiro atoms. The van der Waals surface area contributed by atoms with Crippen LogP contribution in [0.2, 0.25) is 0 Å². The summed E-state index contributed by atoms with van der Waals surface area (Å²) in [6.45, 7) is 7.00. The number of piperidine rings is 1. The van der Waals surface area contributed by atoms with Crippen molar-refractivity contribution in [2.45, 2.75) is 24.8 Å². The standard InChI is InChI=1S/C8H12N2S/c1-5-3-7-8(9-4-5)11-6(2)10-7/h7-9H,1,3-4H2,2H3. The summed E-state index contributed by atoms with van der Waals surface area (Å²) in [6.07, 6.45) is 1.07. The van der Waals surface area contributed by atoms with Crippen LogP contribution in [0.4, 0.5) is 0 Å². The van der Waals surface area contributed by atoms with Crippen LogP contribution in [0.5, 0.6) is 0 Å². The third-order valence-electron chi connectivity index (χ3n) is 2.05. The molecule has 0 aromatic rings. The van der Waals surface area contributed by atoms with E-state index >= 15 is 0 Å². The summed E-state index contributed by atoms with van der Waals surface area (Å²) in [5.41, 5.74) is 1.28. The first-order chi connectivity index (χ1) is 5.25. The van der Waals surface area contributed by atoms with E-state index in [1.54, 1.807) is 0 Å². The Kier molecular flexibility index (Phi) is 1.77. The predicted octanol–water partition coefficient (Wildman–Crippen LogP) is 1.40. The lowest BCUT2D eigenvalue weighted by Gasteiger charge is -2.25. The summed E-state index contributed by atoms with van der Waals surface area (Å²) >= 11 is 1.85. The Labute approximate surface area is 71.2 Å². The highest BCUT2D eigenvalue weighted by atomic mass is 32.2. The maximum Gasteiger partial charge on any atom is 0.0824 e. The van der Waals surface area contributed by atoms with Crippen molar-refractivity contribution in [3.05, 3.63) is 12.2 Å². The van der Waals surface area contributed by atoms with E-state index in [2.05, 4.69) is 23.8 Å². The summed E-state index contributed by atoms with van der Waals surface area (Å²) in [4.78, 5) is 4.52. The van der Waals surface area contributed by atoms with Gasteiger partial charge < -0.3 is 0 Å². The van der Waals surface area contributed by atoms with Crippen LogP contribution in [-0.2, 0) is 0 Å². The zero-order valence-corrected chi connectivity index (χ0v) is 7.45. The maximum absolute atomic E-state index is 4.52. The quantitative estimate of drug-likeness (QED) is 0.553. The molecule has 0 aromatic heterocycles. The lowest BCUT2D eigenvalue weighted by Crippen LogP contribution is -2.40. The van der Waals surface area contributed by atoms with E-state index in [0.29, 0.717) is 11.4 Å². The summed E-state index contributed by atoms with van der Waals surface area (Å²) in [5, 5.41) is 5.15. The van der Waals surface area contributed by atoms with Gasteiger partial charge in [0.05, 0.1) is 16.5 Å². The van der Waals surface area contributed by atoms with Crippen LogP contribution in [0, 0.1) is 0 Å². The summed E-state index contributed by atoms with van der Waals surface area (Å²) < 4.78 is 0. The first-order valence-corrected chi connectivity index (χ1v) is 4.75. The molecule has 11 heavy (non-hydrogen) atoms. The van der Waals surface area contributed by atoms with Crippen LogP contribution in [0.3, 0.4) is 0 Å². The highest BCUT2D eigenvalue weighted by Gasteiger charge is 2.31. The van der Waals surface area contributed by atoms with Crippen LogP contribution < -0.4 is 5.32 Å². The van der Waals surface area contributed by atoms with Crippen LogP contribution in [0.15, 0.2) is 17.1 Å². The van der Waals surface area contributed by atoms with Gasteiger partial charge in [0.1, 0.15) is 0 Å². The minimum absolute atomic E-state index is 0.459. The molecule has 0 amide bonds. The van der Waals surface area contributed by atoms with Gasteiger partial charge in [-0.3, -0.25) is 10.3 Å². The molecule has 2 rings (SSSR count). The summed E-state index contributed by atoms with van der Waals surface area (Å²) in [5.74, 6) is 0. The van der Waals surface area contributed by atoms with E-state index in [9.17, 15) is 0 Å². The van der Waals surface area contributed by atoms with Gasteiger partial charge in [-0.05, 0) is 13.3 Å². The molecular formula is C8H12N2S. The van der Waals surface area contributed by atoms with Crippen LogP contribution >= 0.6 is 11.8 Å². The molecule has 3 heteroatoms. The molecule has 2 heterocycles. The molecule has 2 atom stereocenters. The van der Waals surface area contributed by atoms with Gasteiger partial charge >= 0.3 is 0 Å². The van der Waals surface area contributed by atoms with Gasteiger partial charge in [-0.15, -0.1) is 0 Å². The molecule has 2 unspecified atom stereocenters. The Morgan fingerprint density at radius 3 is 3.36 bits per heavy atom. The van der Waals surface area contributed by atoms with Crippen molar-refractivity contribution in [3.8, 4) is 0 Å². The number of hydrogen-bond acceptors (Lipinski definition) is 3.